The Morgan fingerprint density at radius 2 is 2.09 bits per heavy atom. The van der Waals surface area contributed by atoms with Gasteiger partial charge in [0.25, 0.3) is 5.91 Å². The van der Waals surface area contributed by atoms with E-state index in [1.165, 1.54) is 13.2 Å². The highest BCUT2D eigenvalue weighted by Gasteiger charge is 2.13. The summed E-state index contributed by atoms with van der Waals surface area (Å²) in [5.41, 5.74) is -0.312. The molecule has 0 aliphatic heterocycles. The maximum atomic E-state index is 12.0. The van der Waals surface area contributed by atoms with Gasteiger partial charge >= 0.3 is 5.63 Å². The Hall–Kier alpha value is -2.34. The fourth-order valence-corrected chi connectivity index (χ4v) is 1.96. The first-order valence-corrected chi connectivity index (χ1v) is 7.13. The van der Waals surface area contributed by atoms with Gasteiger partial charge in [-0.15, -0.1) is 0 Å². The molecule has 2 rings (SSSR count). The second-order valence-electron chi connectivity index (χ2n) is 4.72. The van der Waals surface area contributed by atoms with Gasteiger partial charge in [0, 0.05) is 24.6 Å². The number of rotatable bonds is 7. The van der Waals surface area contributed by atoms with Crippen molar-refractivity contribution in [2.24, 2.45) is 0 Å². The number of carbonyl (C=O) groups excluding carboxylic acids is 1. The van der Waals surface area contributed by atoms with E-state index < -0.39 is 11.5 Å². The normalized spacial score (nSPS) is 10.6. The molecule has 1 aromatic heterocycles. The molecule has 0 aliphatic rings. The van der Waals surface area contributed by atoms with Crippen LogP contribution in [0, 0.1) is 0 Å². The molecule has 0 bridgehead atoms. The fraction of sp³-hybridized carbons (Fsp3) is 0.375. The van der Waals surface area contributed by atoms with Gasteiger partial charge in [0.2, 0.25) is 0 Å². The molecule has 0 atom stereocenters. The van der Waals surface area contributed by atoms with Crippen molar-refractivity contribution in [2.45, 2.75) is 13.3 Å². The summed E-state index contributed by atoms with van der Waals surface area (Å²) in [7, 11) is 1.53. The van der Waals surface area contributed by atoms with Gasteiger partial charge in [0.1, 0.15) is 16.9 Å². The van der Waals surface area contributed by atoms with Gasteiger partial charge in [-0.3, -0.25) is 4.79 Å². The minimum atomic E-state index is -0.673. The molecule has 1 aromatic carbocycles. The number of amides is 1. The Kier molecular flexibility index (Phi) is 5.55. The molecule has 1 amide bonds. The highest BCUT2D eigenvalue weighted by Crippen LogP contribution is 2.20. The van der Waals surface area contributed by atoms with Crippen molar-refractivity contribution in [3.8, 4) is 5.75 Å². The molecule has 0 fully saturated rings. The van der Waals surface area contributed by atoms with Crippen molar-refractivity contribution >= 4 is 16.9 Å². The van der Waals surface area contributed by atoms with Gasteiger partial charge in [0.05, 0.1) is 13.7 Å². The molecule has 1 heterocycles. The summed E-state index contributed by atoms with van der Waals surface area (Å²) >= 11 is 0. The lowest BCUT2D eigenvalue weighted by molar-refractivity contribution is 0.0912. The van der Waals surface area contributed by atoms with Gasteiger partial charge in [-0.1, -0.05) is 6.92 Å². The summed E-state index contributed by atoms with van der Waals surface area (Å²) in [5.74, 6) is 0.118. The molecule has 118 valence electrons. The zero-order valence-corrected chi connectivity index (χ0v) is 12.7. The monoisotopic (exact) mass is 305 g/mol. The molecule has 0 spiro atoms. The van der Waals surface area contributed by atoms with Crippen LogP contribution < -0.4 is 15.7 Å². The highest BCUT2D eigenvalue weighted by molar-refractivity contribution is 5.96. The van der Waals surface area contributed by atoms with Crippen LogP contribution in [-0.2, 0) is 4.74 Å². The zero-order valence-electron chi connectivity index (χ0n) is 12.7. The van der Waals surface area contributed by atoms with Crippen molar-refractivity contribution in [3.63, 3.8) is 0 Å². The summed E-state index contributed by atoms with van der Waals surface area (Å²) in [6.07, 6.45) is 0.922. The van der Waals surface area contributed by atoms with Crippen LogP contribution in [0.2, 0.25) is 0 Å². The third-order valence-corrected chi connectivity index (χ3v) is 3.07. The first kappa shape index (κ1) is 16.0. The Morgan fingerprint density at radius 1 is 1.27 bits per heavy atom. The Morgan fingerprint density at radius 3 is 2.82 bits per heavy atom. The molecular weight excluding hydrogens is 286 g/mol. The van der Waals surface area contributed by atoms with E-state index in [4.69, 9.17) is 13.9 Å². The largest absolute Gasteiger partial charge is 0.497 e. The van der Waals surface area contributed by atoms with Crippen LogP contribution in [0.5, 0.6) is 5.75 Å². The van der Waals surface area contributed by atoms with Crippen LogP contribution in [-0.4, -0.2) is 32.8 Å². The summed E-state index contributed by atoms with van der Waals surface area (Å²) in [6, 6.07) is 6.60. The standard InChI is InChI=1S/C16H19NO5/c1-3-7-21-8-6-17-15(18)13-9-11-4-5-12(20-2)10-14(11)22-16(13)19/h4-5,9-10H,3,6-8H2,1-2H3,(H,17,18). The minimum absolute atomic E-state index is 0.0202. The van der Waals surface area contributed by atoms with E-state index in [-0.39, 0.29) is 5.56 Å². The van der Waals surface area contributed by atoms with Crippen LogP contribution >= 0.6 is 0 Å². The average molecular weight is 305 g/mol. The number of ether oxygens (including phenoxy) is 2. The number of hydrogen-bond donors (Lipinski definition) is 1. The van der Waals surface area contributed by atoms with E-state index in [1.54, 1.807) is 18.2 Å². The van der Waals surface area contributed by atoms with Crippen LogP contribution in [0.25, 0.3) is 11.0 Å². The van der Waals surface area contributed by atoms with E-state index in [0.717, 1.165) is 6.42 Å². The van der Waals surface area contributed by atoms with E-state index in [1.807, 2.05) is 6.92 Å². The van der Waals surface area contributed by atoms with E-state index in [2.05, 4.69) is 5.32 Å². The van der Waals surface area contributed by atoms with Crippen molar-refractivity contribution in [1.29, 1.82) is 0 Å². The Bertz CT molecular complexity index is 707. The molecule has 0 radical (unpaired) electrons. The summed E-state index contributed by atoms with van der Waals surface area (Å²) < 4.78 is 15.5. The van der Waals surface area contributed by atoms with Gasteiger partial charge in [0.15, 0.2) is 0 Å². The van der Waals surface area contributed by atoms with Crippen LogP contribution in [0.1, 0.15) is 23.7 Å². The van der Waals surface area contributed by atoms with Crippen molar-refractivity contribution in [2.75, 3.05) is 26.9 Å². The Labute approximate surface area is 128 Å². The molecule has 0 saturated heterocycles. The minimum Gasteiger partial charge on any atom is -0.497 e. The van der Waals surface area contributed by atoms with Gasteiger partial charge in [-0.05, 0) is 24.6 Å². The molecule has 6 nitrogen and oxygen atoms in total. The molecule has 0 unspecified atom stereocenters. The molecule has 0 saturated carbocycles. The zero-order chi connectivity index (χ0) is 15.9. The predicted octanol–water partition coefficient (Wildman–Crippen LogP) is 1.96. The van der Waals surface area contributed by atoms with Gasteiger partial charge in [-0.25, -0.2) is 4.79 Å². The van der Waals surface area contributed by atoms with Crippen LogP contribution in [0.3, 0.4) is 0 Å². The number of hydrogen-bond acceptors (Lipinski definition) is 5. The molecule has 2 aromatic rings. The first-order valence-electron chi connectivity index (χ1n) is 7.13. The lowest BCUT2D eigenvalue weighted by Gasteiger charge is -2.06. The predicted molar refractivity (Wildman–Crippen MR) is 82.5 cm³/mol. The smallest absolute Gasteiger partial charge is 0.349 e. The molecule has 0 aliphatic carbocycles. The number of benzene rings is 1. The van der Waals surface area contributed by atoms with Crippen molar-refractivity contribution in [3.05, 3.63) is 40.2 Å². The third kappa shape index (κ3) is 3.85. The number of fused-ring (bicyclic) bond motifs is 1. The lowest BCUT2D eigenvalue weighted by atomic mass is 10.1. The highest BCUT2D eigenvalue weighted by atomic mass is 16.5. The van der Waals surface area contributed by atoms with Gasteiger partial charge < -0.3 is 19.2 Å². The summed E-state index contributed by atoms with van der Waals surface area (Å²) in [5, 5.41) is 3.30. The second kappa shape index (κ2) is 7.61. The molecule has 22 heavy (non-hydrogen) atoms. The summed E-state index contributed by atoms with van der Waals surface area (Å²) in [4.78, 5) is 23.9. The van der Waals surface area contributed by atoms with E-state index in [9.17, 15) is 9.59 Å². The maximum Gasteiger partial charge on any atom is 0.349 e. The van der Waals surface area contributed by atoms with Crippen LogP contribution in [0.4, 0.5) is 0 Å². The SMILES string of the molecule is CCCOCCNC(=O)c1cc2ccc(OC)cc2oc1=O. The molecule has 1 N–H and O–H groups in total. The fourth-order valence-electron chi connectivity index (χ4n) is 1.96. The molecule has 6 heteroatoms. The Balaban J connectivity index is 2.12. The molecular formula is C16H19NO5. The van der Waals surface area contributed by atoms with Crippen molar-refractivity contribution < 1.29 is 18.7 Å². The maximum absolute atomic E-state index is 12.0. The van der Waals surface area contributed by atoms with Crippen molar-refractivity contribution in [1.82, 2.24) is 5.32 Å². The number of nitrogens with one attached hydrogen (secondary N) is 1. The number of methoxy groups -OCH3 is 1. The first-order chi connectivity index (χ1) is 10.7. The van der Waals surface area contributed by atoms with E-state index in [0.29, 0.717) is 36.5 Å². The number of carbonyl (C=O) groups is 1. The second-order valence-corrected chi connectivity index (χ2v) is 4.72. The van der Waals surface area contributed by atoms with E-state index >= 15 is 0 Å². The summed E-state index contributed by atoms with van der Waals surface area (Å²) in [6.45, 7) is 3.41. The lowest BCUT2D eigenvalue weighted by Crippen LogP contribution is -2.31. The van der Waals surface area contributed by atoms with Gasteiger partial charge in [-0.2, -0.15) is 0 Å². The third-order valence-electron chi connectivity index (χ3n) is 3.07. The average Bonchev–Trinajstić information content (AvgIpc) is 2.53. The van der Waals surface area contributed by atoms with Crippen LogP contribution in [0.15, 0.2) is 33.5 Å². The quantitative estimate of drug-likeness (QED) is 0.625. The topological polar surface area (TPSA) is 77.8 Å².